The van der Waals surface area contributed by atoms with Crippen LogP contribution in [0.1, 0.15) is 12.5 Å². The molecule has 0 fully saturated rings. The summed E-state index contributed by atoms with van der Waals surface area (Å²) in [7, 11) is 0. The summed E-state index contributed by atoms with van der Waals surface area (Å²) in [5.74, 6) is -0.275. The Morgan fingerprint density at radius 1 is 1.11 bits per heavy atom. The molecule has 4 heteroatoms. The Morgan fingerprint density at radius 3 is 2.44 bits per heavy atom. The lowest BCUT2D eigenvalue weighted by atomic mass is 9.97. The quantitative estimate of drug-likeness (QED) is 0.662. The third kappa shape index (κ3) is 2.05. The highest BCUT2D eigenvalue weighted by Gasteiger charge is 2.18. The van der Waals surface area contributed by atoms with E-state index in [1.165, 1.54) is 6.07 Å². The zero-order chi connectivity index (χ0) is 13.1. The van der Waals surface area contributed by atoms with Crippen molar-refractivity contribution in [2.45, 2.75) is 13.3 Å². The summed E-state index contributed by atoms with van der Waals surface area (Å²) in [5, 5.41) is 20.8. The van der Waals surface area contributed by atoms with Gasteiger partial charge in [0.1, 0.15) is 0 Å². The molecule has 18 heavy (non-hydrogen) atoms. The van der Waals surface area contributed by atoms with Crippen LogP contribution in [-0.2, 0) is 6.42 Å². The fraction of sp³-hybridized carbons (Fsp3) is 0.143. The standard InChI is InChI=1S/C14H13NO3/c1-2-10-6-3-4-7-11(10)12-8-5-9-13(14(12)16)15(17)18/h3-9,16H,2H2,1H3. The van der Waals surface area contributed by atoms with E-state index in [0.717, 1.165) is 17.5 Å². The summed E-state index contributed by atoms with van der Waals surface area (Å²) < 4.78 is 0. The first kappa shape index (κ1) is 12.1. The van der Waals surface area contributed by atoms with E-state index in [9.17, 15) is 15.2 Å². The first-order chi connectivity index (χ1) is 8.65. The molecule has 0 saturated heterocycles. The first-order valence-corrected chi connectivity index (χ1v) is 5.69. The van der Waals surface area contributed by atoms with Gasteiger partial charge in [0.05, 0.1) is 4.92 Å². The molecule has 2 aromatic rings. The Kier molecular flexibility index (Phi) is 3.28. The molecule has 0 saturated carbocycles. The molecule has 0 heterocycles. The van der Waals surface area contributed by atoms with Crippen LogP contribution >= 0.6 is 0 Å². The van der Waals surface area contributed by atoms with Crippen LogP contribution in [0.15, 0.2) is 42.5 Å². The minimum atomic E-state index is -0.576. The minimum Gasteiger partial charge on any atom is -0.502 e. The van der Waals surface area contributed by atoms with Crippen molar-refractivity contribution in [1.29, 1.82) is 0 Å². The molecular weight excluding hydrogens is 230 g/mol. The van der Waals surface area contributed by atoms with Crippen molar-refractivity contribution >= 4 is 5.69 Å². The lowest BCUT2D eigenvalue weighted by molar-refractivity contribution is -0.385. The molecule has 1 N–H and O–H groups in total. The van der Waals surface area contributed by atoms with Crippen molar-refractivity contribution < 1.29 is 10.0 Å². The zero-order valence-corrected chi connectivity index (χ0v) is 9.96. The Morgan fingerprint density at radius 2 is 1.78 bits per heavy atom. The Balaban J connectivity index is 2.64. The molecule has 0 unspecified atom stereocenters. The number of nitro groups is 1. The van der Waals surface area contributed by atoms with Gasteiger partial charge in [-0.2, -0.15) is 0 Å². The molecule has 0 aliphatic heterocycles. The average molecular weight is 243 g/mol. The summed E-state index contributed by atoms with van der Waals surface area (Å²) in [5.41, 5.74) is 2.12. The van der Waals surface area contributed by atoms with Gasteiger partial charge in [-0.15, -0.1) is 0 Å². The highest BCUT2D eigenvalue weighted by molar-refractivity contribution is 5.77. The second-order valence-electron chi connectivity index (χ2n) is 3.94. The van der Waals surface area contributed by atoms with Gasteiger partial charge in [0.2, 0.25) is 5.75 Å². The summed E-state index contributed by atoms with van der Waals surface area (Å²) in [4.78, 5) is 10.2. The maximum absolute atomic E-state index is 10.8. The molecule has 0 atom stereocenters. The van der Waals surface area contributed by atoms with Gasteiger partial charge in [-0.3, -0.25) is 10.1 Å². The van der Waals surface area contributed by atoms with Gasteiger partial charge in [-0.1, -0.05) is 43.3 Å². The summed E-state index contributed by atoms with van der Waals surface area (Å²) in [6, 6.07) is 12.2. The largest absolute Gasteiger partial charge is 0.502 e. The Labute approximate surface area is 105 Å². The number of rotatable bonds is 3. The van der Waals surface area contributed by atoms with E-state index in [0.29, 0.717) is 5.56 Å². The van der Waals surface area contributed by atoms with Gasteiger partial charge in [-0.05, 0) is 17.5 Å². The van der Waals surface area contributed by atoms with Gasteiger partial charge in [0.25, 0.3) is 0 Å². The molecule has 0 aliphatic carbocycles. The molecule has 92 valence electrons. The molecule has 0 aromatic heterocycles. The molecule has 2 aromatic carbocycles. The molecule has 0 bridgehead atoms. The van der Waals surface area contributed by atoms with E-state index in [1.807, 2.05) is 31.2 Å². The number of aromatic hydroxyl groups is 1. The molecule has 0 radical (unpaired) electrons. The second-order valence-corrected chi connectivity index (χ2v) is 3.94. The summed E-state index contributed by atoms with van der Waals surface area (Å²) >= 11 is 0. The maximum Gasteiger partial charge on any atom is 0.311 e. The molecular formula is C14H13NO3. The SMILES string of the molecule is CCc1ccccc1-c1cccc([N+](=O)[O-])c1O. The highest BCUT2D eigenvalue weighted by Crippen LogP contribution is 2.37. The topological polar surface area (TPSA) is 63.4 Å². The van der Waals surface area contributed by atoms with E-state index in [2.05, 4.69) is 0 Å². The van der Waals surface area contributed by atoms with E-state index >= 15 is 0 Å². The third-order valence-corrected chi connectivity index (χ3v) is 2.90. The van der Waals surface area contributed by atoms with Crippen LogP contribution in [0, 0.1) is 10.1 Å². The van der Waals surface area contributed by atoms with Crippen LogP contribution in [0.2, 0.25) is 0 Å². The van der Waals surface area contributed by atoms with Crippen LogP contribution < -0.4 is 0 Å². The minimum absolute atomic E-state index is 0.265. The van der Waals surface area contributed by atoms with E-state index in [4.69, 9.17) is 0 Å². The van der Waals surface area contributed by atoms with Crippen molar-refractivity contribution in [2.75, 3.05) is 0 Å². The fourth-order valence-corrected chi connectivity index (χ4v) is 1.99. The van der Waals surface area contributed by atoms with Crippen LogP contribution in [-0.4, -0.2) is 10.0 Å². The summed E-state index contributed by atoms with van der Waals surface area (Å²) in [6.45, 7) is 2.01. The highest BCUT2D eigenvalue weighted by atomic mass is 16.6. The number of para-hydroxylation sites is 1. The van der Waals surface area contributed by atoms with Gasteiger partial charge < -0.3 is 5.11 Å². The van der Waals surface area contributed by atoms with Crippen molar-refractivity contribution in [3.8, 4) is 16.9 Å². The number of aryl methyl sites for hydroxylation is 1. The van der Waals surface area contributed by atoms with Crippen molar-refractivity contribution in [3.63, 3.8) is 0 Å². The van der Waals surface area contributed by atoms with E-state index in [-0.39, 0.29) is 11.4 Å². The number of nitrogens with zero attached hydrogens (tertiary/aromatic N) is 1. The number of nitro benzene ring substituents is 1. The van der Waals surface area contributed by atoms with Gasteiger partial charge >= 0.3 is 5.69 Å². The number of phenolic OH excluding ortho intramolecular Hbond substituents is 1. The van der Waals surface area contributed by atoms with Gasteiger partial charge in [0, 0.05) is 11.6 Å². The molecule has 0 spiro atoms. The molecule has 4 nitrogen and oxygen atoms in total. The zero-order valence-electron chi connectivity index (χ0n) is 9.96. The number of phenols is 1. The van der Waals surface area contributed by atoms with Crippen LogP contribution in [0.3, 0.4) is 0 Å². The monoisotopic (exact) mass is 243 g/mol. The average Bonchev–Trinajstić information content (AvgIpc) is 2.38. The van der Waals surface area contributed by atoms with Crippen molar-refractivity contribution in [2.24, 2.45) is 0 Å². The number of hydrogen-bond acceptors (Lipinski definition) is 3. The fourth-order valence-electron chi connectivity index (χ4n) is 1.99. The lowest BCUT2D eigenvalue weighted by Crippen LogP contribution is -1.92. The molecule has 0 amide bonds. The number of benzene rings is 2. The number of hydrogen-bond donors (Lipinski definition) is 1. The Hall–Kier alpha value is -2.36. The lowest BCUT2D eigenvalue weighted by Gasteiger charge is -2.09. The third-order valence-electron chi connectivity index (χ3n) is 2.90. The molecule has 2 rings (SSSR count). The summed E-state index contributed by atoms with van der Waals surface area (Å²) in [6.07, 6.45) is 0.804. The van der Waals surface area contributed by atoms with Crippen LogP contribution in [0.5, 0.6) is 5.75 Å². The van der Waals surface area contributed by atoms with Crippen LogP contribution in [0.4, 0.5) is 5.69 Å². The van der Waals surface area contributed by atoms with Gasteiger partial charge in [0.15, 0.2) is 0 Å². The molecule has 0 aliphatic rings. The van der Waals surface area contributed by atoms with Crippen molar-refractivity contribution in [3.05, 3.63) is 58.1 Å². The smallest absolute Gasteiger partial charge is 0.311 e. The Bertz CT molecular complexity index is 593. The first-order valence-electron chi connectivity index (χ1n) is 5.69. The van der Waals surface area contributed by atoms with Crippen LogP contribution in [0.25, 0.3) is 11.1 Å². The van der Waals surface area contributed by atoms with Crippen molar-refractivity contribution in [1.82, 2.24) is 0 Å². The predicted octanol–water partition coefficient (Wildman–Crippen LogP) is 3.53. The van der Waals surface area contributed by atoms with Gasteiger partial charge in [-0.25, -0.2) is 0 Å². The normalized spacial score (nSPS) is 10.3. The second kappa shape index (κ2) is 4.87. The predicted molar refractivity (Wildman–Crippen MR) is 69.6 cm³/mol. The van der Waals surface area contributed by atoms with E-state index < -0.39 is 4.92 Å². The maximum atomic E-state index is 10.8. The van der Waals surface area contributed by atoms with E-state index in [1.54, 1.807) is 12.1 Å².